The fourth-order valence-corrected chi connectivity index (χ4v) is 2.25. The van der Waals surface area contributed by atoms with Crippen LogP contribution in [0.1, 0.15) is 19.4 Å². The van der Waals surface area contributed by atoms with Crippen LogP contribution in [0.25, 0.3) is 10.9 Å². The highest BCUT2D eigenvalue weighted by Crippen LogP contribution is 2.28. The van der Waals surface area contributed by atoms with Crippen molar-refractivity contribution < 1.29 is 4.74 Å². The van der Waals surface area contributed by atoms with Gasteiger partial charge < -0.3 is 20.8 Å². The monoisotopic (exact) mass is 416 g/mol. The summed E-state index contributed by atoms with van der Waals surface area (Å²) in [6.45, 7) is 5.74. The zero-order valence-corrected chi connectivity index (χ0v) is 15.7. The molecule has 0 radical (unpaired) electrons. The maximum absolute atomic E-state index is 5.84. The third-order valence-electron chi connectivity index (χ3n) is 3.30. The summed E-state index contributed by atoms with van der Waals surface area (Å²) >= 11 is 0. The molecule has 1 aromatic carbocycles. The molecule has 0 unspecified atom stereocenters. The Morgan fingerprint density at radius 1 is 1.41 bits per heavy atom. The number of hydrogen-bond donors (Lipinski definition) is 3. The average Bonchev–Trinajstić information content (AvgIpc) is 2.88. The predicted octanol–water partition coefficient (Wildman–Crippen LogP) is 2.90. The number of methoxy groups -OCH3 is 1. The topological polar surface area (TPSA) is 75.4 Å². The zero-order chi connectivity index (χ0) is 15.2. The van der Waals surface area contributed by atoms with Crippen LogP contribution in [-0.4, -0.2) is 31.1 Å². The van der Waals surface area contributed by atoms with E-state index in [2.05, 4.69) is 29.1 Å². The SMILES string of the molecule is COc1cccc2[nH]cc(CCNC(N)=NCC(C)C)c12.I. The Hall–Kier alpha value is -1.44. The van der Waals surface area contributed by atoms with Crippen LogP contribution in [-0.2, 0) is 6.42 Å². The summed E-state index contributed by atoms with van der Waals surface area (Å²) in [6, 6.07) is 6.01. The number of ether oxygens (including phenoxy) is 1. The Kier molecular flexibility index (Phi) is 7.50. The standard InChI is InChI=1S/C16H24N4O.HI/c1-11(2)9-20-16(17)18-8-7-12-10-19-13-5-4-6-14(21-3)15(12)13;/h4-6,10-11,19H,7-9H2,1-3H3,(H3,17,18,20);1H. The van der Waals surface area contributed by atoms with E-state index in [1.807, 2.05) is 24.4 Å². The number of aromatic nitrogens is 1. The summed E-state index contributed by atoms with van der Waals surface area (Å²) in [5, 5.41) is 4.29. The van der Waals surface area contributed by atoms with E-state index in [9.17, 15) is 0 Å². The Labute approximate surface area is 148 Å². The number of H-pyrrole nitrogens is 1. The molecule has 4 N–H and O–H groups in total. The van der Waals surface area contributed by atoms with Gasteiger partial charge in [0.15, 0.2) is 5.96 Å². The maximum Gasteiger partial charge on any atom is 0.188 e. The second kappa shape index (κ2) is 8.87. The van der Waals surface area contributed by atoms with Crippen molar-refractivity contribution in [2.24, 2.45) is 16.6 Å². The van der Waals surface area contributed by atoms with Crippen molar-refractivity contribution in [2.45, 2.75) is 20.3 Å². The van der Waals surface area contributed by atoms with Gasteiger partial charge in [-0.2, -0.15) is 0 Å². The number of rotatable bonds is 6. The van der Waals surface area contributed by atoms with Gasteiger partial charge >= 0.3 is 0 Å². The summed E-state index contributed by atoms with van der Waals surface area (Å²) in [5.41, 5.74) is 8.14. The van der Waals surface area contributed by atoms with E-state index in [1.54, 1.807) is 7.11 Å². The molecule has 0 spiro atoms. The van der Waals surface area contributed by atoms with Gasteiger partial charge in [0.2, 0.25) is 0 Å². The molecule has 22 heavy (non-hydrogen) atoms. The van der Waals surface area contributed by atoms with Gasteiger partial charge in [0, 0.05) is 30.2 Å². The van der Waals surface area contributed by atoms with Crippen molar-refractivity contribution >= 4 is 40.8 Å². The number of aromatic amines is 1. The minimum absolute atomic E-state index is 0. The van der Waals surface area contributed by atoms with Crippen LogP contribution in [0.3, 0.4) is 0 Å². The predicted molar refractivity (Wildman–Crippen MR) is 103 cm³/mol. The smallest absolute Gasteiger partial charge is 0.188 e. The molecule has 0 saturated carbocycles. The molecule has 0 atom stereocenters. The van der Waals surface area contributed by atoms with Crippen molar-refractivity contribution in [3.63, 3.8) is 0 Å². The minimum atomic E-state index is 0. The largest absolute Gasteiger partial charge is 0.496 e. The number of benzene rings is 1. The quantitative estimate of drug-likeness (QED) is 0.385. The summed E-state index contributed by atoms with van der Waals surface area (Å²) < 4.78 is 5.43. The molecule has 1 heterocycles. The Morgan fingerprint density at radius 3 is 2.86 bits per heavy atom. The van der Waals surface area contributed by atoms with Crippen LogP contribution in [0.2, 0.25) is 0 Å². The number of guanidine groups is 1. The Balaban J connectivity index is 0.00000242. The molecule has 0 bridgehead atoms. The van der Waals surface area contributed by atoms with Crippen LogP contribution in [0.4, 0.5) is 0 Å². The average molecular weight is 416 g/mol. The number of hydrogen-bond acceptors (Lipinski definition) is 2. The molecule has 0 saturated heterocycles. The number of halogens is 1. The summed E-state index contributed by atoms with van der Waals surface area (Å²) in [4.78, 5) is 7.56. The molecule has 0 fully saturated rings. The zero-order valence-electron chi connectivity index (χ0n) is 13.3. The first-order valence-electron chi connectivity index (χ1n) is 7.28. The lowest BCUT2D eigenvalue weighted by Crippen LogP contribution is -2.33. The molecule has 0 aliphatic carbocycles. The van der Waals surface area contributed by atoms with Gasteiger partial charge in [-0.25, -0.2) is 0 Å². The van der Waals surface area contributed by atoms with Crippen molar-refractivity contribution in [2.75, 3.05) is 20.2 Å². The third kappa shape index (κ3) is 4.79. The van der Waals surface area contributed by atoms with Gasteiger partial charge in [0.1, 0.15) is 5.75 Å². The lowest BCUT2D eigenvalue weighted by Gasteiger charge is -2.07. The lowest BCUT2D eigenvalue weighted by atomic mass is 10.1. The lowest BCUT2D eigenvalue weighted by molar-refractivity contribution is 0.419. The van der Waals surface area contributed by atoms with Crippen LogP contribution in [0.5, 0.6) is 5.75 Å². The van der Waals surface area contributed by atoms with Crippen molar-refractivity contribution in [3.8, 4) is 5.75 Å². The van der Waals surface area contributed by atoms with Crippen LogP contribution < -0.4 is 15.8 Å². The molecule has 0 amide bonds. The van der Waals surface area contributed by atoms with Crippen molar-refractivity contribution in [3.05, 3.63) is 30.0 Å². The molecule has 6 heteroatoms. The molecular formula is C16H25IN4O. The highest BCUT2D eigenvalue weighted by molar-refractivity contribution is 14.0. The van der Waals surface area contributed by atoms with Crippen molar-refractivity contribution in [1.29, 1.82) is 0 Å². The molecule has 2 rings (SSSR count). The number of nitrogens with zero attached hydrogens (tertiary/aromatic N) is 1. The second-order valence-electron chi connectivity index (χ2n) is 5.49. The fraction of sp³-hybridized carbons (Fsp3) is 0.438. The maximum atomic E-state index is 5.84. The van der Waals surface area contributed by atoms with Gasteiger partial charge in [0.05, 0.1) is 7.11 Å². The van der Waals surface area contributed by atoms with Gasteiger partial charge in [-0.1, -0.05) is 19.9 Å². The van der Waals surface area contributed by atoms with Crippen LogP contribution in [0, 0.1) is 5.92 Å². The minimum Gasteiger partial charge on any atom is -0.496 e. The van der Waals surface area contributed by atoms with E-state index in [0.29, 0.717) is 11.9 Å². The molecule has 0 aliphatic rings. The van der Waals surface area contributed by atoms with E-state index in [0.717, 1.165) is 36.2 Å². The first-order valence-corrected chi connectivity index (χ1v) is 7.28. The first-order chi connectivity index (χ1) is 10.1. The molecule has 122 valence electrons. The summed E-state index contributed by atoms with van der Waals surface area (Å²) in [5.74, 6) is 1.92. The van der Waals surface area contributed by atoms with Gasteiger partial charge in [0.25, 0.3) is 0 Å². The number of aliphatic imine (C=N–C) groups is 1. The third-order valence-corrected chi connectivity index (χ3v) is 3.30. The normalized spacial score (nSPS) is 11.5. The molecule has 0 aliphatic heterocycles. The summed E-state index contributed by atoms with van der Waals surface area (Å²) in [6.07, 6.45) is 2.88. The number of nitrogens with two attached hydrogens (primary N) is 1. The van der Waals surface area contributed by atoms with E-state index in [1.165, 1.54) is 5.56 Å². The van der Waals surface area contributed by atoms with E-state index < -0.39 is 0 Å². The molecule has 5 nitrogen and oxygen atoms in total. The second-order valence-corrected chi connectivity index (χ2v) is 5.49. The van der Waals surface area contributed by atoms with E-state index >= 15 is 0 Å². The summed E-state index contributed by atoms with van der Waals surface area (Å²) in [7, 11) is 1.69. The van der Waals surface area contributed by atoms with Crippen molar-refractivity contribution in [1.82, 2.24) is 10.3 Å². The molecule has 2 aromatic rings. The van der Waals surface area contributed by atoms with Gasteiger partial charge in [-0.15, -0.1) is 24.0 Å². The Morgan fingerprint density at radius 2 is 2.18 bits per heavy atom. The van der Waals surface area contributed by atoms with Crippen LogP contribution >= 0.6 is 24.0 Å². The van der Waals surface area contributed by atoms with Gasteiger partial charge in [-0.05, 0) is 30.0 Å². The van der Waals surface area contributed by atoms with E-state index in [-0.39, 0.29) is 24.0 Å². The molecular weight excluding hydrogens is 391 g/mol. The highest BCUT2D eigenvalue weighted by atomic mass is 127. The van der Waals surface area contributed by atoms with E-state index in [4.69, 9.17) is 10.5 Å². The van der Waals surface area contributed by atoms with Crippen LogP contribution in [0.15, 0.2) is 29.4 Å². The first kappa shape index (κ1) is 18.6. The van der Waals surface area contributed by atoms with Gasteiger partial charge in [-0.3, -0.25) is 4.99 Å². The highest BCUT2D eigenvalue weighted by Gasteiger charge is 2.08. The number of fused-ring (bicyclic) bond motifs is 1. The number of nitrogens with one attached hydrogen (secondary N) is 2. The molecule has 1 aromatic heterocycles. The Bertz CT molecular complexity index is 622. The fourth-order valence-electron chi connectivity index (χ4n) is 2.25.